The fraction of sp³-hybridized carbons (Fsp3) is 0.238. The van der Waals surface area contributed by atoms with E-state index in [0.29, 0.717) is 10.9 Å². The Hall–Kier alpha value is -3.00. The lowest BCUT2D eigenvalue weighted by molar-refractivity contribution is -0.114. The third-order valence-electron chi connectivity index (χ3n) is 4.80. The summed E-state index contributed by atoms with van der Waals surface area (Å²) in [6.07, 6.45) is 3.39. The molecule has 4 rings (SSSR count). The van der Waals surface area contributed by atoms with Crippen LogP contribution in [0.25, 0.3) is 11.8 Å². The van der Waals surface area contributed by atoms with Gasteiger partial charge in [0.2, 0.25) is 5.17 Å². The van der Waals surface area contributed by atoms with Crippen LogP contribution in [0.4, 0.5) is 4.39 Å². The lowest BCUT2D eigenvalue weighted by atomic mass is 10.1. The highest BCUT2D eigenvalue weighted by Gasteiger charge is 2.35. The van der Waals surface area contributed by atoms with Crippen molar-refractivity contribution in [2.24, 2.45) is 10.1 Å². The third kappa shape index (κ3) is 3.44. The molecule has 1 aromatic carbocycles. The molecular weight excluding hydrogens is 389 g/mol. The van der Waals surface area contributed by atoms with Crippen molar-refractivity contribution in [2.45, 2.75) is 33.6 Å². The molecule has 29 heavy (non-hydrogen) atoms. The summed E-state index contributed by atoms with van der Waals surface area (Å²) in [6, 6.07) is 8.27. The summed E-state index contributed by atoms with van der Waals surface area (Å²) in [7, 11) is 0. The molecule has 0 bridgehead atoms. The Bertz CT molecular complexity index is 1130. The van der Waals surface area contributed by atoms with Gasteiger partial charge in [0.25, 0.3) is 5.91 Å². The van der Waals surface area contributed by atoms with Gasteiger partial charge in [-0.15, -0.1) is 0 Å². The predicted molar refractivity (Wildman–Crippen MR) is 115 cm³/mol. The van der Waals surface area contributed by atoms with Crippen LogP contribution in [0.15, 0.2) is 46.0 Å². The molecule has 148 valence electrons. The van der Waals surface area contributed by atoms with E-state index in [2.05, 4.69) is 17.0 Å². The summed E-state index contributed by atoms with van der Waals surface area (Å²) in [5.74, 6) is -0.736. The van der Waals surface area contributed by atoms with Gasteiger partial charge in [-0.2, -0.15) is 15.1 Å². The third-order valence-corrected chi connectivity index (χ3v) is 5.76. The molecule has 0 atom stereocenters. The smallest absolute Gasteiger partial charge is 0.283 e. The first-order valence-electron chi connectivity index (χ1n) is 9.33. The SMILES string of the molecule is CCCC1=NN2C(=N)/C(=C/c3cc(C)n(-c4cccc(F)c4)c3C)C(=O)N=C2S1. The first kappa shape index (κ1) is 19.3. The number of thioether (sulfide) groups is 1. The number of aryl methyl sites for hydroxylation is 1. The highest BCUT2D eigenvalue weighted by atomic mass is 32.2. The van der Waals surface area contributed by atoms with Crippen molar-refractivity contribution in [3.8, 4) is 5.69 Å². The van der Waals surface area contributed by atoms with Crippen molar-refractivity contribution in [1.82, 2.24) is 9.58 Å². The standard InChI is InChI=1S/C21H20FN5OS/c1-4-6-18-25-27-19(23)17(20(28)24-21(27)29-18)10-14-9-12(2)26(13(14)3)16-8-5-7-15(22)11-16/h5,7-11,23H,4,6H2,1-3H3/b17-10-,23-19?. The van der Waals surface area contributed by atoms with E-state index in [9.17, 15) is 9.18 Å². The molecule has 0 aliphatic carbocycles. The van der Waals surface area contributed by atoms with E-state index in [1.165, 1.54) is 28.9 Å². The van der Waals surface area contributed by atoms with Crippen molar-refractivity contribution in [3.63, 3.8) is 0 Å². The van der Waals surface area contributed by atoms with E-state index < -0.39 is 5.91 Å². The van der Waals surface area contributed by atoms with Gasteiger partial charge < -0.3 is 4.57 Å². The minimum Gasteiger partial charge on any atom is -0.318 e. The van der Waals surface area contributed by atoms with Gasteiger partial charge in [0, 0.05) is 17.1 Å². The van der Waals surface area contributed by atoms with Gasteiger partial charge in [0.1, 0.15) is 10.9 Å². The summed E-state index contributed by atoms with van der Waals surface area (Å²) in [6.45, 7) is 5.88. The number of hydrogen-bond acceptors (Lipinski definition) is 4. The second-order valence-corrected chi connectivity index (χ2v) is 7.95. The fourth-order valence-corrected chi connectivity index (χ4v) is 4.43. The van der Waals surface area contributed by atoms with Gasteiger partial charge in [-0.1, -0.05) is 13.0 Å². The van der Waals surface area contributed by atoms with Crippen LogP contribution in [0.2, 0.25) is 0 Å². The molecule has 2 aromatic rings. The second-order valence-electron chi connectivity index (χ2n) is 6.91. The number of aliphatic imine (C=N–C) groups is 1. The van der Waals surface area contributed by atoms with Gasteiger partial charge in [-0.05, 0) is 74.4 Å². The maximum atomic E-state index is 13.7. The van der Waals surface area contributed by atoms with Crippen molar-refractivity contribution in [1.29, 1.82) is 5.41 Å². The number of nitrogens with zero attached hydrogens (tertiary/aromatic N) is 4. The molecule has 0 saturated carbocycles. The van der Waals surface area contributed by atoms with Crippen molar-refractivity contribution < 1.29 is 9.18 Å². The number of hydrazone groups is 1. The normalized spacial score (nSPS) is 17.7. The quantitative estimate of drug-likeness (QED) is 0.747. The minimum atomic E-state index is -0.447. The maximum Gasteiger partial charge on any atom is 0.283 e. The van der Waals surface area contributed by atoms with E-state index in [0.717, 1.165) is 34.8 Å². The molecule has 1 N–H and O–H groups in total. The zero-order valence-corrected chi connectivity index (χ0v) is 17.2. The van der Waals surface area contributed by atoms with E-state index in [1.807, 2.05) is 30.5 Å². The first-order chi connectivity index (χ1) is 13.9. The van der Waals surface area contributed by atoms with Crippen LogP contribution in [0.3, 0.4) is 0 Å². The molecule has 0 radical (unpaired) electrons. The summed E-state index contributed by atoms with van der Waals surface area (Å²) >= 11 is 1.34. The molecule has 2 aliphatic heterocycles. The molecule has 0 spiro atoms. The fourth-order valence-electron chi connectivity index (χ4n) is 3.45. The highest BCUT2D eigenvalue weighted by Crippen LogP contribution is 2.31. The average molecular weight is 409 g/mol. The number of amidine groups is 2. The van der Waals surface area contributed by atoms with Crippen LogP contribution in [-0.4, -0.2) is 31.5 Å². The van der Waals surface area contributed by atoms with Crippen molar-refractivity contribution in [2.75, 3.05) is 0 Å². The second kappa shape index (κ2) is 7.44. The first-order valence-corrected chi connectivity index (χ1v) is 10.1. The summed E-state index contributed by atoms with van der Waals surface area (Å²) in [5, 5.41) is 15.6. The van der Waals surface area contributed by atoms with Crippen LogP contribution in [-0.2, 0) is 4.79 Å². The summed E-state index contributed by atoms with van der Waals surface area (Å²) < 4.78 is 15.6. The molecule has 6 nitrogen and oxygen atoms in total. The number of benzene rings is 1. The largest absolute Gasteiger partial charge is 0.318 e. The van der Waals surface area contributed by atoms with Gasteiger partial charge in [-0.25, -0.2) is 4.39 Å². The monoisotopic (exact) mass is 409 g/mol. The number of carbonyl (C=O) groups excluding carboxylic acids is 1. The Morgan fingerprint density at radius 1 is 1.28 bits per heavy atom. The number of rotatable bonds is 4. The Morgan fingerprint density at radius 2 is 2.07 bits per heavy atom. The Balaban J connectivity index is 1.73. The lowest BCUT2D eigenvalue weighted by Gasteiger charge is -2.20. The molecule has 0 fully saturated rings. The average Bonchev–Trinajstić information content (AvgIpc) is 3.19. The zero-order valence-electron chi connectivity index (χ0n) is 16.4. The van der Waals surface area contributed by atoms with Crippen LogP contribution in [0, 0.1) is 25.1 Å². The topological polar surface area (TPSA) is 73.8 Å². The Morgan fingerprint density at radius 3 is 2.79 bits per heavy atom. The number of amides is 1. The lowest BCUT2D eigenvalue weighted by Crippen LogP contribution is -2.35. The minimum absolute atomic E-state index is 0.0224. The molecule has 8 heteroatoms. The van der Waals surface area contributed by atoms with Gasteiger partial charge in [0.05, 0.1) is 5.57 Å². The van der Waals surface area contributed by atoms with Gasteiger partial charge in [0.15, 0.2) is 5.84 Å². The zero-order chi connectivity index (χ0) is 20.7. The molecule has 0 saturated heterocycles. The number of hydrogen-bond donors (Lipinski definition) is 1. The molecule has 1 amide bonds. The van der Waals surface area contributed by atoms with Crippen LogP contribution in [0.1, 0.15) is 36.7 Å². The van der Waals surface area contributed by atoms with E-state index in [1.54, 1.807) is 12.1 Å². The molecule has 0 unspecified atom stereocenters. The van der Waals surface area contributed by atoms with E-state index in [-0.39, 0.29) is 17.2 Å². The van der Waals surface area contributed by atoms with Gasteiger partial charge >= 0.3 is 0 Å². The molecule has 3 heterocycles. The predicted octanol–water partition coefficient (Wildman–Crippen LogP) is 4.65. The summed E-state index contributed by atoms with van der Waals surface area (Å²) in [4.78, 5) is 16.7. The van der Waals surface area contributed by atoms with Gasteiger partial charge in [-0.3, -0.25) is 10.2 Å². The number of carbonyl (C=O) groups is 1. The van der Waals surface area contributed by atoms with Crippen LogP contribution in [0.5, 0.6) is 0 Å². The summed E-state index contributed by atoms with van der Waals surface area (Å²) in [5.41, 5.74) is 3.43. The Kier molecular flexibility index (Phi) is 4.96. The maximum absolute atomic E-state index is 13.7. The number of halogens is 1. The highest BCUT2D eigenvalue weighted by molar-refractivity contribution is 8.26. The Labute approximate surface area is 172 Å². The molecular formula is C21H20FN5OS. The number of fused-ring (bicyclic) bond motifs is 1. The van der Waals surface area contributed by atoms with Crippen molar-refractivity contribution >= 4 is 39.8 Å². The molecule has 2 aliphatic rings. The van der Waals surface area contributed by atoms with E-state index >= 15 is 0 Å². The van der Waals surface area contributed by atoms with Crippen molar-refractivity contribution in [3.05, 3.63) is 58.7 Å². The molecule has 1 aromatic heterocycles. The van der Waals surface area contributed by atoms with E-state index in [4.69, 9.17) is 5.41 Å². The number of aromatic nitrogens is 1. The van der Waals surface area contributed by atoms with Crippen LogP contribution >= 0.6 is 11.8 Å². The van der Waals surface area contributed by atoms with Crippen LogP contribution < -0.4 is 0 Å². The number of nitrogens with one attached hydrogen (secondary N) is 1.